The van der Waals surface area contributed by atoms with Gasteiger partial charge in [0.2, 0.25) is 0 Å². The third kappa shape index (κ3) is 5.03. The smallest absolute Gasteiger partial charge is 0.262 e. The normalized spacial score (nSPS) is 10.4. The molecule has 0 radical (unpaired) electrons. The van der Waals surface area contributed by atoms with Crippen LogP contribution in [0.2, 0.25) is 0 Å². The lowest BCUT2D eigenvalue weighted by Gasteiger charge is -2.20. The van der Waals surface area contributed by atoms with Gasteiger partial charge in [-0.1, -0.05) is 11.8 Å². The first kappa shape index (κ1) is 15.7. The van der Waals surface area contributed by atoms with Gasteiger partial charge in [-0.2, -0.15) is 0 Å². The van der Waals surface area contributed by atoms with E-state index in [0.717, 1.165) is 6.54 Å². The number of likely N-dealkylation sites (N-methyl/N-ethyl adjacent to an activating group) is 1. The molecule has 1 amide bonds. The molecule has 0 saturated carbocycles. The topological polar surface area (TPSA) is 52.6 Å². The highest BCUT2D eigenvalue weighted by Crippen LogP contribution is 2.15. The average molecular weight is 280 g/mol. The molecule has 0 bridgehead atoms. The second kappa shape index (κ2) is 7.95. The van der Waals surface area contributed by atoms with Gasteiger partial charge in [0.05, 0.1) is 0 Å². The van der Waals surface area contributed by atoms with Crippen molar-refractivity contribution in [1.29, 1.82) is 0 Å². The van der Waals surface area contributed by atoms with Crippen LogP contribution in [-0.4, -0.2) is 48.7 Å². The number of hydrogen-bond donors (Lipinski definition) is 2. The Morgan fingerprint density at radius 2 is 2.32 bits per heavy atom. The van der Waals surface area contributed by atoms with Crippen LogP contribution in [0, 0.1) is 11.8 Å². The maximum atomic E-state index is 12.0. The van der Waals surface area contributed by atoms with Crippen LogP contribution in [0.3, 0.4) is 0 Å². The van der Waals surface area contributed by atoms with E-state index >= 15 is 0 Å². The summed E-state index contributed by atoms with van der Waals surface area (Å²) in [4.78, 5) is 14.8. The van der Waals surface area contributed by atoms with Gasteiger partial charge in [-0.05, 0) is 32.3 Å². The van der Waals surface area contributed by atoms with E-state index in [1.165, 1.54) is 11.3 Å². The molecule has 0 saturated heterocycles. The Kier molecular flexibility index (Phi) is 6.57. The Morgan fingerprint density at radius 3 is 2.95 bits per heavy atom. The molecule has 19 heavy (non-hydrogen) atoms. The number of rotatable bonds is 5. The van der Waals surface area contributed by atoms with E-state index in [2.05, 4.69) is 35.9 Å². The molecule has 0 aliphatic heterocycles. The van der Waals surface area contributed by atoms with Crippen LogP contribution in [0.4, 0.5) is 0 Å². The summed E-state index contributed by atoms with van der Waals surface area (Å²) in [5, 5.41) is 13.4. The minimum atomic E-state index is -0.198. The molecule has 0 aliphatic rings. The number of carbonyl (C=O) groups is 1. The number of nitrogens with one attached hydrogen (secondary N) is 1. The maximum Gasteiger partial charge on any atom is 0.262 e. The largest absolute Gasteiger partial charge is 0.384 e. The van der Waals surface area contributed by atoms with Crippen LogP contribution in [0.1, 0.15) is 29.1 Å². The Balaban J connectivity index is 2.52. The molecule has 4 nitrogen and oxygen atoms in total. The zero-order valence-electron chi connectivity index (χ0n) is 11.6. The van der Waals surface area contributed by atoms with Gasteiger partial charge < -0.3 is 15.3 Å². The van der Waals surface area contributed by atoms with E-state index in [1.807, 2.05) is 12.4 Å². The van der Waals surface area contributed by atoms with Gasteiger partial charge in [0.25, 0.3) is 5.91 Å². The number of amides is 1. The lowest BCUT2D eigenvalue weighted by atomic mass is 10.2. The Labute approximate surface area is 118 Å². The molecule has 0 aliphatic carbocycles. The summed E-state index contributed by atoms with van der Waals surface area (Å²) in [5.74, 6) is 5.24. The Morgan fingerprint density at radius 1 is 1.58 bits per heavy atom. The molecule has 5 heteroatoms. The third-order valence-electron chi connectivity index (χ3n) is 2.81. The highest BCUT2D eigenvalue weighted by molar-refractivity contribution is 7.12. The van der Waals surface area contributed by atoms with Crippen molar-refractivity contribution >= 4 is 17.2 Å². The zero-order chi connectivity index (χ0) is 14.3. The molecule has 0 spiro atoms. The molecule has 0 fully saturated rings. The van der Waals surface area contributed by atoms with E-state index in [0.29, 0.717) is 23.0 Å². The molecule has 0 atom stereocenters. The highest BCUT2D eigenvalue weighted by atomic mass is 32.1. The van der Waals surface area contributed by atoms with Crippen molar-refractivity contribution in [2.45, 2.75) is 19.9 Å². The summed E-state index contributed by atoms with van der Waals surface area (Å²) >= 11 is 1.36. The molecule has 1 aromatic heterocycles. The molecular weight excluding hydrogens is 260 g/mol. The molecule has 104 valence electrons. The van der Waals surface area contributed by atoms with Gasteiger partial charge in [0, 0.05) is 24.7 Å². The minimum Gasteiger partial charge on any atom is -0.384 e. The average Bonchev–Trinajstić information content (AvgIpc) is 2.84. The lowest BCUT2D eigenvalue weighted by Crippen LogP contribution is -2.36. The number of hydrogen-bond acceptors (Lipinski definition) is 4. The molecular formula is C14H20N2O2S. The van der Waals surface area contributed by atoms with Crippen molar-refractivity contribution in [2.24, 2.45) is 0 Å². The first-order valence-electron chi connectivity index (χ1n) is 6.22. The van der Waals surface area contributed by atoms with Gasteiger partial charge in [-0.15, -0.1) is 11.3 Å². The van der Waals surface area contributed by atoms with E-state index in [4.69, 9.17) is 5.11 Å². The van der Waals surface area contributed by atoms with E-state index in [1.54, 1.807) is 6.07 Å². The summed E-state index contributed by atoms with van der Waals surface area (Å²) in [6, 6.07) is 2.26. The van der Waals surface area contributed by atoms with Gasteiger partial charge in [-0.3, -0.25) is 4.79 Å². The second-order valence-corrected chi connectivity index (χ2v) is 5.37. The van der Waals surface area contributed by atoms with Gasteiger partial charge >= 0.3 is 0 Å². The number of carbonyl (C=O) groups excluding carboxylic acids is 1. The molecule has 1 aromatic rings. The standard InChI is InChI=1S/C14H20N2O2S/c1-11(2)16(3)8-7-15-14(18)13-12(5-4-9-17)6-10-19-13/h6,10-11,17H,7-9H2,1-3H3,(H,15,18). The first-order chi connectivity index (χ1) is 9.06. The van der Waals surface area contributed by atoms with Crippen LogP contribution in [0.5, 0.6) is 0 Å². The monoisotopic (exact) mass is 280 g/mol. The molecule has 1 rings (SSSR count). The van der Waals surface area contributed by atoms with Crippen molar-refractivity contribution < 1.29 is 9.90 Å². The number of aliphatic hydroxyl groups excluding tert-OH is 1. The number of aliphatic hydroxyl groups is 1. The first-order valence-corrected chi connectivity index (χ1v) is 7.10. The third-order valence-corrected chi connectivity index (χ3v) is 3.72. The number of thiophene rings is 1. The molecule has 0 unspecified atom stereocenters. The van der Waals surface area contributed by atoms with Crippen LogP contribution >= 0.6 is 11.3 Å². The van der Waals surface area contributed by atoms with Crippen LogP contribution in [0.15, 0.2) is 11.4 Å². The Bertz CT molecular complexity index is 471. The molecule has 2 N–H and O–H groups in total. The number of nitrogens with zero attached hydrogens (tertiary/aromatic N) is 1. The van der Waals surface area contributed by atoms with Crippen LogP contribution in [-0.2, 0) is 0 Å². The fourth-order valence-electron chi connectivity index (χ4n) is 1.40. The van der Waals surface area contributed by atoms with Crippen LogP contribution in [0.25, 0.3) is 0 Å². The summed E-state index contributed by atoms with van der Waals surface area (Å²) < 4.78 is 0. The van der Waals surface area contributed by atoms with Crippen molar-refractivity contribution in [1.82, 2.24) is 10.2 Å². The molecule has 0 aromatic carbocycles. The second-order valence-electron chi connectivity index (χ2n) is 4.45. The lowest BCUT2D eigenvalue weighted by molar-refractivity contribution is 0.0952. The van der Waals surface area contributed by atoms with E-state index < -0.39 is 0 Å². The molecule has 1 heterocycles. The van der Waals surface area contributed by atoms with E-state index in [9.17, 15) is 4.79 Å². The predicted octanol–water partition coefficient (Wildman–Crippen LogP) is 1.16. The SMILES string of the molecule is CC(C)N(C)CCNC(=O)c1sccc1C#CCO. The van der Waals surface area contributed by atoms with Crippen molar-refractivity contribution in [3.8, 4) is 11.8 Å². The van der Waals surface area contributed by atoms with Crippen molar-refractivity contribution in [2.75, 3.05) is 26.7 Å². The maximum absolute atomic E-state index is 12.0. The van der Waals surface area contributed by atoms with Gasteiger partial charge in [0.15, 0.2) is 0 Å². The van der Waals surface area contributed by atoms with E-state index in [-0.39, 0.29) is 12.5 Å². The quantitative estimate of drug-likeness (QED) is 0.796. The summed E-state index contributed by atoms with van der Waals surface area (Å²) in [7, 11) is 2.03. The summed E-state index contributed by atoms with van der Waals surface area (Å²) in [5.41, 5.74) is 0.675. The fourth-order valence-corrected chi connectivity index (χ4v) is 2.17. The van der Waals surface area contributed by atoms with Crippen LogP contribution < -0.4 is 5.32 Å². The van der Waals surface area contributed by atoms with Gasteiger partial charge in [0.1, 0.15) is 11.5 Å². The zero-order valence-corrected chi connectivity index (χ0v) is 12.4. The highest BCUT2D eigenvalue weighted by Gasteiger charge is 2.11. The Hall–Kier alpha value is -1.35. The minimum absolute atomic E-state index is 0.102. The van der Waals surface area contributed by atoms with Crippen molar-refractivity contribution in [3.05, 3.63) is 21.9 Å². The summed E-state index contributed by atoms with van der Waals surface area (Å²) in [6.07, 6.45) is 0. The summed E-state index contributed by atoms with van der Waals surface area (Å²) in [6.45, 7) is 5.45. The fraction of sp³-hybridized carbons (Fsp3) is 0.500. The predicted molar refractivity (Wildman–Crippen MR) is 78.4 cm³/mol. The van der Waals surface area contributed by atoms with Gasteiger partial charge in [-0.25, -0.2) is 0 Å². The van der Waals surface area contributed by atoms with Crippen molar-refractivity contribution in [3.63, 3.8) is 0 Å².